The van der Waals surface area contributed by atoms with Crippen LogP contribution in [-0.4, -0.2) is 78.0 Å². The number of thioether (sulfide) groups is 2. The summed E-state index contributed by atoms with van der Waals surface area (Å²) < 4.78 is 0.726. The van der Waals surface area contributed by atoms with Crippen molar-refractivity contribution in [1.29, 1.82) is 0 Å². The molecular formula is C17H21N5O6S3. The molecule has 3 atom stereocenters. The highest BCUT2D eigenvalue weighted by Gasteiger charge is 2.54. The molecule has 3 rings (SSSR count). The van der Waals surface area contributed by atoms with E-state index in [4.69, 9.17) is 10.8 Å². The van der Waals surface area contributed by atoms with E-state index in [2.05, 4.69) is 15.5 Å². The largest absolute Gasteiger partial charge is 0.480 e. The lowest BCUT2D eigenvalue weighted by molar-refractivity contribution is -0.150. The van der Waals surface area contributed by atoms with E-state index in [1.165, 1.54) is 39.8 Å². The molecule has 1 aromatic heterocycles. The van der Waals surface area contributed by atoms with Gasteiger partial charge < -0.3 is 21.3 Å². The molecule has 0 bridgehead atoms. The monoisotopic (exact) mass is 487 g/mol. The predicted octanol–water partition coefficient (Wildman–Crippen LogP) is 0.259. The van der Waals surface area contributed by atoms with Gasteiger partial charge in [-0.3, -0.25) is 19.3 Å². The van der Waals surface area contributed by atoms with Crippen molar-refractivity contribution in [3.05, 3.63) is 16.3 Å². The third-order valence-corrected chi connectivity index (χ3v) is 8.08. The summed E-state index contributed by atoms with van der Waals surface area (Å²) in [6.45, 7) is 1.83. The number of nitrogens with zero attached hydrogens (tertiary/aromatic N) is 3. The molecule has 1 fully saturated rings. The number of rotatable bonds is 10. The van der Waals surface area contributed by atoms with Crippen molar-refractivity contribution < 1.29 is 29.4 Å². The van der Waals surface area contributed by atoms with Crippen LogP contribution >= 0.6 is 34.9 Å². The van der Waals surface area contributed by atoms with E-state index in [0.29, 0.717) is 17.1 Å². The third-order valence-electron chi connectivity index (χ3n) is 4.68. The second-order valence-corrected chi connectivity index (χ2v) is 10.4. The van der Waals surface area contributed by atoms with Gasteiger partial charge in [0.15, 0.2) is 4.34 Å². The molecule has 0 spiro atoms. The Labute approximate surface area is 189 Å². The van der Waals surface area contributed by atoms with Gasteiger partial charge in [-0.15, -0.1) is 22.0 Å². The number of carbonyl (C=O) groups excluding carboxylic acids is 2. The zero-order valence-electron chi connectivity index (χ0n) is 16.4. The van der Waals surface area contributed by atoms with Gasteiger partial charge in [-0.25, -0.2) is 4.79 Å². The molecule has 1 unspecified atom stereocenters. The summed E-state index contributed by atoms with van der Waals surface area (Å²) in [6, 6.07) is -1.84. The van der Waals surface area contributed by atoms with Crippen molar-refractivity contribution in [1.82, 2.24) is 20.4 Å². The Bertz CT molecular complexity index is 935. The van der Waals surface area contributed by atoms with Crippen LogP contribution < -0.4 is 11.1 Å². The number of nitrogens with one attached hydrogen (secondary N) is 1. The fourth-order valence-electron chi connectivity index (χ4n) is 3.13. The average Bonchev–Trinajstić information content (AvgIpc) is 3.14. The first-order valence-electron chi connectivity index (χ1n) is 9.29. The molecule has 31 heavy (non-hydrogen) atoms. The van der Waals surface area contributed by atoms with Gasteiger partial charge in [0.25, 0.3) is 5.91 Å². The van der Waals surface area contributed by atoms with Gasteiger partial charge in [-0.05, 0) is 25.3 Å². The molecule has 3 heterocycles. The first-order valence-corrected chi connectivity index (χ1v) is 12.1. The van der Waals surface area contributed by atoms with E-state index in [1.807, 2.05) is 6.92 Å². The first kappa shape index (κ1) is 23.5. The van der Waals surface area contributed by atoms with Crippen LogP contribution in [0.25, 0.3) is 0 Å². The number of fused-ring (bicyclic) bond motifs is 1. The van der Waals surface area contributed by atoms with Crippen LogP contribution in [0.2, 0.25) is 0 Å². The molecule has 2 aliphatic rings. The zero-order chi connectivity index (χ0) is 22.7. The highest BCUT2D eigenvalue weighted by molar-refractivity contribution is 8.01. The Morgan fingerprint density at radius 3 is 2.71 bits per heavy atom. The van der Waals surface area contributed by atoms with Crippen LogP contribution in [0.15, 0.2) is 15.6 Å². The third kappa shape index (κ3) is 5.37. The van der Waals surface area contributed by atoms with E-state index >= 15 is 0 Å². The van der Waals surface area contributed by atoms with E-state index < -0.39 is 41.2 Å². The van der Waals surface area contributed by atoms with E-state index in [-0.39, 0.29) is 25.0 Å². The predicted molar refractivity (Wildman–Crippen MR) is 115 cm³/mol. The van der Waals surface area contributed by atoms with Crippen molar-refractivity contribution in [2.45, 2.75) is 48.0 Å². The number of amides is 2. The van der Waals surface area contributed by atoms with Crippen molar-refractivity contribution in [3.8, 4) is 0 Å². The Morgan fingerprint density at radius 2 is 2.10 bits per heavy atom. The van der Waals surface area contributed by atoms with Gasteiger partial charge in [0, 0.05) is 17.9 Å². The summed E-state index contributed by atoms with van der Waals surface area (Å²) >= 11 is 4.18. The molecule has 168 valence electrons. The average molecular weight is 488 g/mol. The number of aliphatic carboxylic acids is 2. The summed E-state index contributed by atoms with van der Waals surface area (Å²) in [4.78, 5) is 48.6. The molecule has 2 aliphatic heterocycles. The summed E-state index contributed by atoms with van der Waals surface area (Å²) in [5, 5.41) is 29.3. The fourth-order valence-corrected chi connectivity index (χ4v) is 6.43. The molecule has 1 aromatic rings. The molecule has 0 radical (unpaired) electrons. The molecule has 2 amide bonds. The standard InChI is InChI=1S/C17H21N5O6S3/c1-7-20-21-17(31-7)30-6-8-5-29-14-11(13(24)22(14)12(8)16(27)28)19-10(23)4-2-3-9(18)15(25)26/h9,11,14H,2-6,18H2,1H3,(H,19,23)(H,25,26)(H,27,28)/t9?,11-,14-/m1/s1. The lowest BCUT2D eigenvalue weighted by Crippen LogP contribution is -2.70. The maximum Gasteiger partial charge on any atom is 0.352 e. The zero-order valence-corrected chi connectivity index (χ0v) is 18.9. The Hall–Kier alpha value is -2.16. The van der Waals surface area contributed by atoms with Gasteiger partial charge in [-0.1, -0.05) is 23.1 Å². The number of nitrogens with two attached hydrogens (primary N) is 1. The smallest absolute Gasteiger partial charge is 0.352 e. The summed E-state index contributed by atoms with van der Waals surface area (Å²) in [7, 11) is 0. The van der Waals surface area contributed by atoms with Gasteiger partial charge in [0.1, 0.15) is 28.2 Å². The fraction of sp³-hybridized carbons (Fsp3) is 0.529. The number of carboxylic acid groups (broad SMARTS) is 2. The van der Waals surface area contributed by atoms with Crippen molar-refractivity contribution in [2.75, 3.05) is 11.5 Å². The molecule has 14 heteroatoms. The number of carboxylic acids is 2. The second-order valence-electron chi connectivity index (χ2n) is 6.92. The van der Waals surface area contributed by atoms with Gasteiger partial charge in [0.05, 0.1) is 0 Å². The number of aromatic nitrogens is 2. The van der Waals surface area contributed by atoms with Crippen LogP contribution in [-0.2, 0) is 19.2 Å². The molecule has 1 saturated heterocycles. The van der Waals surface area contributed by atoms with Crippen LogP contribution in [0.3, 0.4) is 0 Å². The number of aryl methyl sites for hydroxylation is 1. The number of hydrogen-bond acceptors (Lipinski definition) is 10. The number of β-lactam (4-membered cyclic amide) rings is 1. The number of carbonyl (C=O) groups is 4. The Morgan fingerprint density at radius 1 is 1.35 bits per heavy atom. The summed E-state index contributed by atoms with van der Waals surface area (Å²) in [5.41, 5.74) is 5.98. The summed E-state index contributed by atoms with van der Waals surface area (Å²) in [6.07, 6.45) is 0.453. The lowest BCUT2D eigenvalue weighted by atomic mass is 10.0. The van der Waals surface area contributed by atoms with Crippen LogP contribution in [0, 0.1) is 6.92 Å². The molecule has 0 aromatic carbocycles. The maximum absolute atomic E-state index is 12.6. The van der Waals surface area contributed by atoms with Gasteiger partial charge in [-0.2, -0.15) is 0 Å². The maximum atomic E-state index is 12.6. The van der Waals surface area contributed by atoms with E-state index in [1.54, 1.807) is 0 Å². The van der Waals surface area contributed by atoms with Crippen molar-refractivity contribution in [2.24, 2.45) is 5.73 Å². The van der Waals surface area contributed by atoms with Gasteiger partial charge >= 0.3 is 11.9 Å². The highest BCUT2D eigenvalue weighted by Crippen LogP contribution is 2.41. The molecular weight excluding hydrogens is 466 g/mol. The first-order chi connectivity index (χ1) is 14.7. The molecule has 11 nitrogen and oxygen atoms in total. The van der Waals surface area contributed by atoms with Crippen molar-refractivity contribution >= 4 is 58.6 Å². The normalized spacial score (nSPS) is 21.4. The van der Waals surface area contributed by atoms with Crippen LogP contribution in [0.1, 0.15) is 24.3 Å². The topological polar surface area (TPSA) is 176 Å². The minimum Gasteiger partial charge on any atom is -0.480 e. The number of hydrogen-bond donors (Lipinski definition) is 4. The molecule has 0 aliphatic carbocycles. The second kappa shape index (κ2) is 9.97. The Kier molecular flexibility index (Phi) is 7.56. The van der Waals surface area contributed by atoms with Crippen LogP contribution in [0.5, 0.6) is 0 Å². The quantitative estimate of drug-likeness (QED) is 0.263. The lowest BCUT2D eigenvalue weighted by Gasteiger charge is -2.49. The van der Waals surface area contributed by atoms with E-state index in [0.717, 1.165) is 9.35 Å². The van der Waals surface area contributed by atoms with E-state index in [9.17, 15) is 24.3 Å². The SMILES string of the molecule is Cc1nnc(SCC2=C(C(=O)O)N3C(=O)[C@@H](NC(=O)CCCC(N)C(=O)O)[C@H]3SC2)s1. The molecule has 5 N–H and O–H groups in total. The van der Waals surface area contributed by atoms with Crippen molar-refractivity contribution in [3.63, 3.8) is 0 Å². The minimum atomic E-state index is -1.19. The van der Waals surface area contributed by atoms with Crippen LogP contribution in [0.4, 0.5) is 0 Å². The summed E-state index contributed by atoms with van der Waals surface area (Å²) in [5.74, 6) is -2.40. The van der Waals surface area contributed by atoms with Gasteiger partial charge in [0.2, 0.25) is 5.91 Å². The Balaban J connectivity index is 1.59. The minimum absolute atomic E-state index is 0.0347. The highest BCUT2D eigenvalue weighted by atomic mass is 32.2. The molecule has 0 saturated carbocycles.